The van der Waals surface area contributed by atoms with Crippen molar-refractivity contribution in [3.63, 3.8) is 0 Å². The molecular weight excluding hydrogens is 211 g/mol. The second kappa shape index (κ2) is 5.91. The third kappa shape index (κ3) is 4.04. The standard InChI is InChI=1S/C10H17N2O2P/c1-3-11-15(13,12-4-2)14-10-8-6-5-7-9-10/h5-9H,3-4H2,1-2H3,(H2,11,12,13). The van der Waals surface area contributed by atoms with Crippen LogP contribution in [0, 0.1) is 0 Å². The molecule has 0 heterocycles. The van der Waals surface area contributed by atoms with Gasteiger partial charge in [0.1, 0.15) is 5.75 Å². The molecule has 0 amide bonds. The van der Waals surface area contributed by atoms with E-state index in [1.807, 2.05) is 32.0 Å². The van der Waals surface area contributed by atoms with E-state index in [9.17, 15) is 4.57 Å². The van der Waals surface area contributed by atoms with Gasteiger partial charge in [-0.2, -0.15) is 0 Å². The van der Waals surface area contributed by atoms with Crippen LogP contribution in [-0.2, 0) is 4.57 Å². The van der Waals surface area contributed by atoms with Crippen molar-refractivity contribution >= 4 is 7.67 Å². The molecule has 0 spiro atoms. The maximum atomic E-state index is 12.1. The van der Waals surface area contributed by atoms with Gasteiger partial charge in [0.2, 0.25) is 0 Å². The van der Waals surface area contributed by atoms with Crippen molar-refractivity contribution in [1.29, 1.82) is 0 Å². The minimum Gasteiger partial charge on any atom is -0.422 e. The highest BCUT2D eigenvalue weighted by Crippen LogP contribution is 2.37. The van der Waals surface area contributed by atoms with Gasteiger partial charge >= 0.3 is 7.67 Å². The van der Waals surface area contributed by atoms with Crippen LogP contribution in [0.25, 0.3) is 0 Å². The maximum Gasteiger partial charge on any atom is 0.390 e. The molecule has 0 bridgehead atoms. The highest BCUT2D eigenvalue weighted by atomic mass is 31.2. The van der Waals surface area contributed by atoms with Gasteiger partial charge in [-0.15, -0.1) is 0 Å². The third-order valence-electron chi connectivity index (χ3n) is 1.71. The molecule has 2 N–H and O–H groups in total. The molecule has 0 fully saturated rings. The lowest BCUT2D eigenvalue weighted by Gasteiger charge is -2.19. The molecule has 0 aliphatic heterocycles. The summed E-state index contributed by atoms with van der Waals surface area (Å²) in [6, 6.07) is 9.13. The van der Waals surface area contributed by atoms with Crippen LogP contribution in [-0.4, -0.2) is 13.1 Å². The molecular formula is C10H17N2O2P. The third-order valence-corrected chi connectivity index (χ3v) is 3.64. The summed E-state index contributed by atoms with van der Waals surface area (Å²) in [4.78, 5) is 0. The number of hydrogen-bond donors (Lipinski definition) is 2. The minimum absolute atomic E-state index is 0.594. The largest absolute Gasteiger partial charge is 0.422 e. The van der Waals surface area contributed by atoms with Crippen molar-refractivity contribution in [2.45, 2.75) is 13.8 Å². The molecule has 0 atom stereocenters. The maximum absolute atomic E-state index is 12.1. The van der Waals surface area contributed by atoms with E-state index in [1.165, 1.54) is 0 Å². The highest BCUT2D eigenvalue weighted by molar-refractivity contribution is 7.55. The molecule has 0 aliphatic carbocycles. The van der Waals surface area contributed by atoms with Crippen LogP contribution in [0.1, 0.15) is 13.8 Å². The SMILES string of the molecule is CCNP(=O)(NCC)Oc1ccccc1. The van der Waals surface area contributed by atoms with E-state index in [0.29, 0.717) is 18.8 Å². The Bertz CT molecular complexity index is 319. The molecule has 5 heteroatoms. The molecule has 4 nitrogen and oxygen atoms in total. The molecule has 15 heavy (non-hydrogen) atoms. The van der Waals surface area contributed by atoms with Gasteiger partial charge in [0, 0.05) is 13.1 Å². The fourth-order valence-corrected chi connectivity index (χ4v) is 2.66. The zero-order chi connectivity index (χ0) is 11.1. The van der Waals surface area contributed by atoms with Gasteiger partial charge in [-0.05, 0) is 12.1 Å². The molecule has 1 aromatic rings. The fourth-order valence-electron chi connectivity index (χ4n) is 1.17. The molecule has 0 unspecified atom stereocenters. The van der Waals surface area contributed by atoms with Gasteiger partial charge in [-0.3, -0.25) is 0 Å². The smallest absolute Gasteiger partial charge is 0.390 e. The summed E-state index contributed by atoms with van der Waals surface area (Å²) < 4.78 is 17.6. The van der Waals surface area contributed by atoms with Crippen LogP contribution < -0.4 is 14.7 Å². The summed E-state index contributed by atoms with van der Waals surface area (Å²) in [7, 11) is -2.94. The zero-order valence-electron chi connectivity index (χ0n) is 9.06. The molecule has 0 radical (unpaired) electrons. The normalized spacial score (nSPS) is 11.3. The quantitative estimate of drug-likeness (QED) is 0.734. The summed E-state index contributed by atoms with van der Waals surface area (Å²) in [5.41, 5.74) is 0. The van der Waals surface area contributed by atoms with Crippen LogP contribution in [0.2, 0.25) is 0 Å². The Balaban J connectivity index is 2.71. The van der Waals surface area contributed by atoms with Crippen molar-refractivity contribution < 1.29 is 9.09 Å². The monoisotopic (exact) mass is 228 g/mol. The zero-order valence-corrected chi connectivity index (χ0v) is 9.96. The van der Waals surface area contributed by atoms with E-state index in [2.05, 4.69) is 10.2 Å². The summed E-state index contributed by atoms with van der Waals surface area (Å²) >= 11 is 0. The number of hydrogen-bond acceptors (Lipinski definition) is 2. The van der Waals surface area contributed by atoms with Crippen molar-refractivity contribution in [3.8, 4) is 5.75 Å². The van der Waals surface area contributed by atoms with E-state index < -0.39 is 7.67 Å². The Morgan fingerprint density at radius 2 is 1.67 bits per heavy atom. The van der Waals surface area contributed by atoms with Gasteiger partial charge < -0.3 is 4.52 Å². The average molecular weight is 228 g/mol. The van der Waals surface area contributed by atoms with E-state index in [4.69, 9.17) is 4.52 Å². The lowest BCUT2D eigenvalue weighted by Crippen LogP contribution is -2.25. The van der Waals surface area contributed by atoms with E-state index >= 15 is 0 Å². The Labute approximate surface area is 90.6 Å². The van der Waals surface area contributed by atoms with Crippen LogP contribution in [0.15, 0.2) is 30.3 Å². The number of rotatable bonds is 6. The topological polar surface area (TPSA) is 50.4 Å². The van der Waals surface area contributed by atoms with Crippen molar-refractivity contribution in [3.05, 3.63) is 30.3 Å². The first-order valence-corrected chi connectivity index (χ1v) is 6.67. The summed E-state index contributed by atoms with van der Waals surface area (Å²) in [6.45, 7) is 4.96. The Hall–Kier alpha value is -0.830. The lowest BCUT2D eigenvalue weighted by molar-refractivity contribution is 0.455. The van der Waals surface area contributed by atoms with Gasteiger partial charge in [-0.1, -0.05) is 32.0 Å². The minimum atomic E-state index is -2.94. The summed E-state index contributed by atoms with van der Waals surface area (Å²) in [5, 5.41) is 5.66. The highest BCUT2D eigenvalue weighted by Gasteiger charge is 2.21. The van der Waals surface area contributed by atoms with Crippen LogP contribution in [0.3, 0.4) is 0 Å². The van der Waals surface area contributed by atoms with Gasteiger partial charge in [0.15, 0.2) is 0 Å². The fraction of sp³-hybridized carbons (Fsp3) is 0.400. The molecule has 1 aromatic carbocycles. The van der Waals surface area contributed by atoms with Crippen LogP contribution >= 0.6 is 7.67 Å². The van der Waals surface area contributed by atoms with Crippen LogP contribution in [0.5, 0.6) is 5.75 Å². The predicted molar refractivity (Wildman–Crippen MR) is 62.0 cm³/mol. The van der Waals surface area contributed by atoms with Crippen molar-refractivity contribution in [2.24, 2.45) is 0 Å². The van der Waals surface area contributed by atoms with Gasteiger partial charge in [0.25, 0.3) is 0 Å². The number of benzene rings is 1. The van der Waals surface area contributed by atoms with Crippen molar-refractivity contribution in [2.75, 3.05) is 13.1 Å². The Morgan fingerprint density at radius 1 is 1.13 bits per heavy atom. The lowest BCUT2D eigenvalue weighted by atomic mass is 10.3. The molecule has 0 saturated carbocycles. The second-order valence-electron chi connectivity index (χ2n) is 2.98. The van der Waals surface area contributed by atoms with E-state index in [-0.39, 0.29) is 0 Å². The predicted octanol–water partition coefficient (Wildman–Crippen LogP) is 2.39. The van der Waals surface area contributed by atoms with Crippen LogP contribution in [0.4, 0.5) is 0 Å². The molecule has 1 rings (SSSR count). The first-order chi connectivity index (χ1) is 7.20. The molecule has 0 aromatic heterocycles. The van der Waals surface area contributed by atoms with E-state index in [0.717, 1.165) is 0 Å². The Morgan fingerprint density at radius 3 is 2.13 bits per heavy atom. The molecule has 84 valence electrons. The molecule has 0 saturated heterocycles. The van der Waals surface area contributed by atoms with Gasteiger partial charge in [-0.25, -0.2) is 14.7 Å². The number of nitrogens with one attached hydrogen (secondary N) is 2. The summed E-state index contributed by atoms with van der Waals surface area (Å²) in [6.07, 6.45) is 0. The Kier molecular flexibility index (Phi) is 4.82. The van der Waals surface area contributed by atoms with Crippen molar-refractivity contribution in [1.82, 2.24) is 10.2 Å². The average Bonchev–Trinajstić information content (AvgIpc) is 2.19. The first-order valence-electron chi connectivity index (χ1n) is 5.05. The number of para-hydroxylation sites is 1. The second-order valence-corrected chi connectivity index (χ2v) is 4.90. The van der Waals surface area contributed by atoms with E-state index in [1.54, 1.807) is 12.1 Å². The molecule has 0 aliphatic rings. The van der Waals surface area contributed by atoms with Gasteiger partial charge in [0.05, 0.1) is 0 Å². The summed E-state index contributed by atoms with van der Waals surface area (Å²) in [5.74, 6) is 0.600. The first kappa shape index (κ1) is 12.2.